The quantitative estimate of drug-likeness (QED) is 0.390. The second-order valence-corrected chi connectivity index (χ2v) is 5.84. The van der Waals surface area contributed by atoms with Crippen LogP contribution in [0.3, 0.4) is 0 Å². The van der Waals surface area contributed by atoms with Crippen molar-refractivity contribution in [3.05, 3.63) is 12.2 Å². The van der Waals surface area contributed by atoms with E-state index in [2.05, 4.69) is 47.6 Å². The lowest BCUT2D eigenvalue weighted by Crippen LogP contribution is -2.26. The second-order valence-electron chi connectivity index (χ2n) is 5.84. The second kappa shape index (κ2) is 10.0. The van der Waals surface area contributed by atoms with E-state index in [1.165, 1.54) is 12.8 Å². The summed E-state index contributed by atoms with van der Waals surface area (Å²) in [5, 5.41) is 0. The van der Waals surface area contributed by atoms with Gasteiger partial charge in [0.1, 0.15) is 6.10 Å². The lowest BCUT2D eigenvalue weighted by molar-refractivity contribution is -0.143. The van der Waals surface area contributed by atoms with Crippen molar-refractivity contribution in [2.75, 3.05) is 0 Å². The number of hydrogen-bond donors (Lipinski definition) is 0. The number of rotatable bonds is 10. The molecule has 0 aromatic carbocycles. The van der Waals surface area contributed by atoms with E-state index < -0.39 is 0 Å². The van der Waals surface area contributed by atoms with Gasteiger partial charge in [0.25, 0.3) is 0 Å². The highest BCUT2D eigenvalue weighted by molar-refractivity contribution is 5.82. The molecule has 1 atom stereocenters. The van der Waals surface area contributed by atoms with Gasteiger partial charge in [0.2, 0.25) is 0 Å². The highest BCUT2D eigenvalue weighted by Gasteiger charge is 2.29. The van der Waals surface area contributed by atoms with Crippen LogP contribution in [0.25, 0.3) is 0 Å². The van der Waals surface area contributed by atoms with Crippen molar-refractivity contribution in [2.45, 2.75) is 86.2 Å². The molecule has 1 unspecified atom stereocenters. The van der Waals surface area contributed by atoms with Gasteiger partial charge in [0, 0.05) is 6.08 Å². The summed E-state index contributed by atoms with van der Waals surface area (Å²) >= 11 is 0. The lowest BCUT2D eigenvalue weighted by Gasteiger charge is -2.35. The third-order valence-corrected chi connectivity index (χ3v) is 4.76. The van der Waals surface area contributed by atoms with Crippen LogP contribution < -0.4 is 0 Å². The van der Waals surface area contributed by atoms with Crippen LogP contribution in [0, 0.1) is 11.3 Å². The molecule has 2 heteroatoms. The number of esters is 1. The topological polar surface area (TPSA) is 26.3 Å². The minimum atomic E-state index is -0.186. The van der Waals surface area contributed by atoms with E-state index in [4.69, 9.17) is 4.74 Å². The smallest absolute Gasteiger partial charge is 0.330 e. The fourth-order valence-corrected chi connectivity index (χ4v) is 2.96. The van der Waals surface area contributed by atoms with Crippen molar-refractivity contribution in [3.8, 4) is 0 Å². The standard InChI is InChI=1S/C18H34O2/c1-7-12-15(6)18(10-4,11-5)14-13-17(19)20-16(8-2)9-3/h13-16H,7-12H2,1-6H3. The first-order valence-corrected chi connectivity index (χ1v) is 8.39. The van der Waals surface area contributed by atoms with Crippen LogP contribution in [0.2, 0.25) is 0 Å². The van der Waals surface area contributed by atoms with Crippen LogP contribution in [-0.4, -0.2) is 12.1 Å². The predicted octanol–water partition coefficient (Wildman–Crippen LogP) is 5.52. The fraction of sp³-hybridized carbons (Fsp3) is 0.833. The summed E-state index contributed by atoms with van der Waals surface area (Å²) in [5.74, 6) is 0.411. The molecule has 0 aliphatic heterocycles. The van der Waals surface area contributed by atoms with Gasteiger partial charge >= 0.3 is 5.97 Å². The van der Waals surface area contributed by atoms with E-state index in [0.29, 0.717) is 5.92 Å². The van der Waals surface area contributed by atoms with Crippen LogP contribution in [0.1, 0.15) is 80.1 Å². The van der Waals surface area contributed by atoms with Crippen molar-refractivity contribution in [1.82, 2.24) is 0 Å². The average molecular weight is 282 g/mol. The van der Waals surface area contributed by atoms with E-state index in [1.54, 1.807) is 6.08 Å². The van der Waals surface area contributed by atoms with Gasteiger partial charge in [-0.15, -0.1) is 0 Å². The van der Waals surface area contributed by atoms with Crippen molar-refractivity contribution in [2.24, 2.45) is 11.3 Å². The van der Waals surface area contributed by atoms with Crippen LogP contribution in [0.15, 0.2) is 12.2 Å². The first kappa shape index (κ1) is 19.2. The largest absolute Gasteiger partial charge is 0.459 e. The maximum absolute atomic E-state index is 11.9. The highest BCUT2D eigenvalue weighted by Crippen LogP contribution is 2.39. The molecule has 0 saturated carbocycles. The molecule has 0 aromatic heterocycles. The number of hydrogen-bond acceptors (Lipinski definition) is 2. The summed E-state index contributed by atoms with van der Waals surface area (Å²) < 4.78 is 5.45. The Bertz CT molecular complexity index is 286. The van der Waals surface area contributed by atoms with Gasteiger partial charge in [-0.25, -0.2) is 4.79 Å². The number of ether oxygens (including phenoxy) is 1. The first-order chi connectivity index (χ1) is 9.49. The van der Waals surface area contributed by atoms with Gasteiger partial charge in [-0.3, -0.25) is 0 Å². The van der Waals surface area contributed by atoms with E-state index in [9.17, 15) is 4.79 Å². The van der Waals surface area contributed by atoms with Crippen molar-refractivity contribution in [3.63, 3.8) is 0 Å². The third kappa shape index (κ3) is 5.68. The third-order valence-electron chi connectivity index (χ3n) is 4.76. The Balaban J connectivity index is 4.81. The maximum Gasteiger partial charge on any atom is 0.330 e. The van der Waals surface area contributed by atoms with Crippen LogP contribution >= 0.6 is 0 Å². The molecule has 0 aliphatic rings. The van der Waals surface area contributed by atoms with E-state index in [-0.39, 0.29) is 17.5 Å². The van der Waals surface area contributed by atoms with Gasteiger partial charge in [-0.05, 0) is 37.0 Å². The molecule has 0 saturated heterocycles. The minimum Gasteiger partial charge on any atom is -0.459 e. The molecule has 0 fully saturated rings. The van der Waals surface area contributed by atoms with E-state index in [1.807, 2.05) is 0 Å². The van der Waals surface area contributed by atoms with Gasteiger partial charge in [-0.1, -0.05) is 60.5 Å². The van der Waals surface area contributed by atoms with E-state index in [0.717, 1.165) is 25.7 Å². The normalized spacial score (nSPS) is 13.9. The highest BCUT2D eigenvalue weighted by atomic mass is 16.5. The van der Waals surface area contributed by atoms with E-state index >= 15 is 0 Å². The first-order valence-electron chi connectivity index (χ1n) is 8.39. The zero-order chi connectivity index (χ0) is 15.6. The summed E-state index contributed by atoms with van der Waals surface area (Å²) in [6.45, 7) is 13.1. The summed E-state index contributed by atoms with van der Waals surface area (Å²) in [5.41, 5.74) is 0.128. The molecule has 0 aromatic rings. The Morgan fingerprint density at radius 1 is 1.10 bits per heavy atom. The summed E-state index contributed by atoms with van der Waals surface area (Å²) in [6, 6.07) is 0. The molecule has 0 N–H and O–H groups in total. The van der Waals surface area contributed by atoms with Gasteiger partial charge in [0.05, 0.1) is 0 Å². The SMILES string of the molecule is CCCC(C)C(C=CC(=O)OC(CC)CC)(CC)CC. The Morgan fingerprint density at radius 3 is 2.05 bits per heavy atom. The van der Waals surface area contributed by atoms with Crippen LogP contribution in [0.4, 0.5) is 0 Å². The number of allylic oxidation sites excluding steroid dienone is 1. The molecule has 0 radical (unpaired) electrons. The van der Waals surface area contributed by atoms with Gasteiger partial charge < -0.3 is 4.74 Å². The Labute approximate surface area is 126 Å². The zero-order valence-corrected chi connectivity index (χ0v) is 14.4. The fourth-order valence-electron chi connectivity index (χ4n) is 2.96. The molecular formula is C18H34O2. The van der Waals surface area contributed by atoms with Crippen molar-refractivity contribution in [1.29, 1.82) is 0 Å². The van der Waals surface area contributed by atoms with Crippen molar-refractivity contribution >= 4 is 5.97 Å². The predicted molar refractivity (Wildman–Crippen MR) is 86.7 cm³/mol. The molecule has 0 spiro atoms. The Kier molecular flexibility index (Phi) is 9.62. The molecule has 0 aliphatic carbocycles. The average Bonchev–Trinajstić information content (AvgIpc) is 2.46. The minimum absolute atomic E-state index is 0.0536. The molecule has 0 rings (SSSR count). The molecule has 118 valence electrons. The van der Waals surface area contributed by atoms with Gasteiger partial charge in [-0.2, -0.15) is 0 Å². The zero-order valence-electron chi connectivity index (χ0n) is 14.4. The van der Waals surface area contributed by atoms with Crippen molar-refractivity contribution < 1.29 is 9.53 Å². The molecule has 20 heavy (non-hydrogen) atoms. The lowest BCUT2D eigenvalue weighted by atomic mass is 9.70. The monoisotopic (exact) mass is 282 g/mol. The maximum atomic E-state index is 11.9. The summed E-state index contributed by atoms with van der Waals surface area (Å²) in [4.78, 5) is 11.9. The molecular weight excluding hydrogens is 248 g/mol. The van der Waals surface area contributed by atoms with Gasteiger partial charge in [0.15, 0.2) is 0 Å². The molecule has 0 amide bonds. The number of carbonyl (C=O) groups excluding carboxylic acids is 1. The molecule has 0 bridgehead atoms. The number of carbonyl (C=O) groups is 1. The summed E-state index contributed by atoms with van der Waals surface area (Å²) in [6.07, 6.45) is 10.1. The summed E-state index contributed by atoms with van der Waals surface area (Å²) in [7, 11) is 0. The van der Waals surface area contributed by atoms with Crippen LogP contribution in [0.5, 0.6) is 0 Å². The molecule has 2 nitrogen and oxygen atoms in total. The van der Waals surface area contributed by atoms with Crippen LogP contribution in [-0.2, 0) is 9.53 Å². The Hall–Kier alpha value is -0.790. The Morgan fingerprint density at radius 2 is 1.65 bits per heavy atom. The molecule has 0 heterocycles.